The molecule has 8 heteroatoms. The maximum Gasteiger partial charge on any atom is 0.344 e. The van der Waals surface area contributed by atoms with Gasteiger partial charge in [-0.05, 0) is 32.7 Å². The molecular weight excluding hydrogens is 264 g/mol. The van der Waals surface area contributed by atoms with Crippen LogP contribution in [0, 0.1) is 0 Å². The van der Waals surface area contributed by atoms with Gasteiger partial charge in [-0.1, -0.05) is 0 Å². The van der Waals surface area contributed by atoms with Gasteiger partial charge in [0.15, 0.2) is 10.3 Å². The molecule has 2 heterocycles. The van der Waals surface area contributed by atoms with E-state index in [1.54, 1.807) is 17.0 Å². The highest BCUT2D eigenvalue weighted by Crippen LogP contribution is 2.22. The van der Waals surface area contributed by atoms with Crippen LogP contribution in [-0.2, 0) is 6.54 Å². The Kier molecular flexibility index (Phi) is 4.33. The van der Waals surface area contributed by atoms with Gasteiger partial charge >= 0.3 is 5.69 Å². The summed E-state index contributed by atoms with van der Waals surface area (Å²) < 4.78 is 1.58. The van der Waals surface area contributed by atoms with E-state index in [1.165, 1.54) is 11.8 Å². The molecule has 0 fully saturated rings. The Morgan fingerprint density at radius 2 is 2.11 bits per heavy atom. The fourth-order valence-corrected chi connectivity index (χ4v) is 2.45. The number of nitrogens with zero attached hydrogens (tertiary/aromatic N) is 4. The SMILES string of the molecule is CNCc1cnc(Sc2n[nH]c(=O)n2C(C)C)nc1. The van der Waals surface area contributed by atoms with E-state index in [4.69, 9.17) is 0 Å². The third-order valence-electron chi connectivity index (χ3n) is 2.43. The Hall–Kier alpha value is -1.67. The maximum atomic E-state index is 11.6. The van der Waals surface area contributed by atoms with Gasteiger partial charge in [0.1, 0.15) is 0 Å². The van der Waals surface area contributed by atoms with Crippen LogP contribution in [0.4, 0.5) is 0 Å². The second-order valence-corrected chi connectivity index (χ2v) is 5.22. The van der Waals surface area contributed by atoms with E-state index < -0.39 is 0 Å². The summed E-state index contributed by atoms with van der Waals surface area (Å²) in [6.45, 7) is 4.58. The molecule has 0 spiro atoms. The maximum absolute atomic E-state index is 11.6. The first-order chi connectivity index (χ1) is 9.11. The second kappa shape index (κ2) is 5.98. The molecule has 0 unspecified atom stereocenters. The van der Waals surface area contributed by atoms with Gasteiger partial charge in [-0.3, -0.25) is 4.57 Å². The predicted octanol–water partition coefficient (Wildman–Crippen LogP) is 0.813. The fraction of sp³-hybridized carbons (Fsp3) is 0.455. The Morgan fingerprint density at radius 1 is 1.42 bits per heavy atom. The van der Waals surface area contributed by atoms with E-state index in [-0.39, 0.29) is 11.7 Å². The molecule has 2 aromatic heterocycles. The molecule has 0 bridgehead atoms. The summed E-state index contributed by atoms with van der Waals surface area (Å²) in [6, 6.07) is 0.0392. The van der Waals surface area contributed by atoms with Crippen LogP contribution in [0.25, 0.3) is 0 Å². The van der Waals surface area contributed by atoms with Crippen LogP contribution in [0.2, 0.25) is 0 Å². The first-order valence-electron chi connectivity index (χ1n) is 5.92. The van der Waals surface area contributed by atoms with Crippen molar-refractivity contribution in [2.75, 3.05) is 7.05 Å². The molecule has 0 amide bonds. The lowest BCUT2D eigenvalue weighted by Gasteiger charge is -2.07. The van der Waals surface area contributed by atoms with Gasteiger partial charge in [0.25, 0.3) is 0 Å². The molecule has 102 valence electrons. The Balaban J connectivity index is 2.19. The number of aromatic amines is 1. The minimum absolute atomic E-state index is 0.0392. The summed E-state index contributed by atoms with van der Waals surface area (Å²) in [6.07, 6.45) is 3.52. The van der Waals surface area contributed by atoms with Gasteiger partial charge in [0, 0.05) is 30.5 Å². The highest BCUT2D eigenvalue weighted by Gasteiger charge is 2.13. The molecular formula is C11H16N6OS. The predicted molar refractivity (Wildman–Crippen MR) is 72.2 cm³/mol. The molecule has 0 radical (unpaired) electrons. The molecule has 2 rings (SSSR count). The standard InChI is InChI=1S/C11H16N6OS/c1-7(2)17-10(18)15-16-11(17)19-9-13-5-8(4-12-3)6-14-9/h5-7,12H,4H2,1-3H3,(H,15,18). The van der Waals surface area contributed by atoms with Crippen molar-refractivity contribution in [1.29, 1.82) is 0 Å². The van der Waals surface area contributed by atoms with Crippen LogP contribution in [0.1, 0.15) is 25.5 Å². The van der Waals surface area contributed by atoms with Gasteiger partial charge < -0.3 is 5.32 Å². The quantitative estimate of drug-likeness (QED) is 0.788. The molecule has 0 aliphatic rings. The van der Waals surface area contributed by atoms with Crippen molar-refractivity contribution < 1.29 is 0 Å². The van der Waals surface area contributed by atoms with Gasteiger partial charge in [-0.2, -0.15) is 0 Å². The fourth-order valence-electron chi connectivity index (χ4n) is 1.59. The van der Waals surface area contributed by atoms with E-state index >= 15 is 0 Å². The zero-order chi connectivity index (χ0) is 13.8. The lowest BCUT2D eigenvalue weighted by Crippen LogP contribution is -2.19. The molecule has 0 saturated heterocycles. The van der Waals surface area contributed by atoms with Crippen LogP contribution in [-0.4, -0.2) is 31.8 Å². The van der Waals surface area contributed by atoms with Crippen molar-refractivity contribution in [3.05, 3.63) is 28.4 Å². The molecule has 0 aliphatic heterocycles. The van der Waals surface area contributed by atoms with E-state index in [9.17, 15) is 4.79 Å². The molecule has 7 nitrogen and oxygen atoms in total. The van der Waals surface area contributed by atoms with Crippen molar-refractivity contribution in [2.45, 2.75) is 36.7 Å². The summed E-state index contributed by atoms with van der Waals surface area (Å²) in [5.41, 5.74) is 0.791. The van der Waals surface area contributed by atoms with Gasteiger partial charge in [-0.15, -0.1) is 5.10 Å². The number of H-pyrrole nitrogens is 1. The van der Waals surface area contributed by atoms with Crippen molar-refractivity contribution in [3.8, 4) is 0 Å². The largest absolute Gasteiger partial charge is 0.344 e. The van der Waals surface area contributed by atoms with Crippen LogP contribution in [0.15, 0.2) is 27.5 Å². The highest BCUT2D eigenvalue weighted by atomic mass is 32.2. The summed E-state index contributed by atoms with van der Waals surface area (Å²) >= 11 is 1.27. The topological polar surface area (TPSA) is 88.5 Å². The Bertz CT molecular complexity index is 588. The number of aromatic nitrogens is 5. The molecule has 19 heavy (non-hydrogen) atoms. The minimum Gasteiger partial charge on any atom is -0.316 e. The number of hydrogen-bond donors (Lipinski definition) is 2. The highest BCUT2D eigenvalue weighted by molar-refractivity contribution is 7.99. The normalized spacial score (nSPS) is 11.2. The number of hydrogen-bond acceptors (Lipinski definition) is 6. The first kappa shape index (κ1) is 13.8. The Morgan fingerprint density at radius 3 is 2.68 bits per heavy atom. The van der Waals surface area contributed by atoms with E-state index in [0.717, 1.165) is 12.1 Å². The van der Waals surface area contributed by atoms with Crippen molar-refractivity contribution in [3.63, 3.8) is 0 Å². The molecule has 0 aromatic carbocycles. The van der Waals surface area contributed by atoms with Crippen LogP contribution in [0.5, 0.6) is 0 Å². The lowest BCUT2D eigenvalue weighted by molar-refractivity contribution is 0.533. The van der Waals surface area contributed by atoms with Crippen molar-refractivity contribution >= 4 is 11.8 Å². The first-order valence-corrected chi connectivity index (χ1v) is 6.73. The third-order valence-corrected chi connectivity index (χ3v) is 3.30. The van der Waals surface area contributed by atoms with E-state index in [2.05, 4.69) is 25.5 Å². The third kappa shape index (κ3) is 3.21. The summed E-state index contributed by atoms with van der Waals surface area (Å²) in [7, 11) is 1.87. The zero-order valence-corrected chi connectivity index (χ0v) is 11.9. The van der Waals surface area contributed by atoms with Gasteiger partial charge in [0.2, 0.25) is 0 Å². The number of nitrogens with one attached hydrogen (secondary N) is 2. The second-order valence-electron chi connectivity index (χ2n) is 4.28. The zero-order valence-electron chi connectivity index (χ0n) is 11.0. The molecule has 0 aliphatic carbocycles. The average Bonchev–Trinajstić information content (AvgIpc) is 2.73. The monoisotopic (exact) mass is 280 g/mol. The average molecular weight is 280 g/mol. The molecule has 2 aromatic rings. The van der Waals surface area contributed by atoms with Crippen molar-refractivity contribution in [1.82, 2.24) is 30.0 Å². The molecule has 0 saturated carbocycles. The van der Waals surface area contributed by atoms with Gasteiger partial charge in [-0.25, -0.2) is 19.9 Å². The van der Waals surface area contributed by atoms with Crippen LogP contribution in [0.3, 0.4) is 0 Å². The minimum atomic E-state index is -0.218. The summed E-state index contributed by atoms with van der Waals surface area (Å²) in [5.74, 6) is 0. The summed E-state index contributed by atoms with van der Waals surface area (Å²) in [4.78, 5) is 20.1. The van der Waals surface area contributed by atoms with E-state index in [0.29, 0.717) is 10.3 Å². The summed E-state index contributed by atoms with van der Waals surface area (Å²) in [5, 5.41) is 10.6. The van der Waals surface area contributed by atoms with Crippen LogP contribution >= 0.6 is 11.8 Å². The molecule has 2 N–H and O–H groups in total. The van der Waals surface area contributed by atoms with Gasteiger partial charge in [0.05, 0.1) is 0 Å². The smallest absolute Gasteiger partial charge is 0.316 e. The van der Waals surface area contributed by atoms with Crippen molar-refractivity contribution in [2.24, 2.45) is 0 Å². The molecule has 0 atom stereocenters. The van der Waals surface area contributed by atoms with Crippen LogP contribution < -0.4 is 11.0 Å². The van der Waals surface area contributed by atoms with E-state index in [1.807, 2.05) is 20.9 Å². The lowest BCUT2D eigenvalue weighted by atomic mass is 10.3. The Labute approximate surface area is 114 Å². The number of rotatable bonds is 5.